The van der Waals surface area contributed by atoms with Crippen molar-refractivity contribution in [3.63, 3.8) is 0 Å². The van der Waals surface area contributed by atoms with Gasteiger partial charge < -0.3 is 9.53 Å². The van der Waals surface area contributed by atoms with Crippen LogP contribution in [0, 0.1) is 6.92 Å². The Morgan fingerprint density at radius 1 is 1.25 bits per heavy atom. The fourth-order valence-corrected chi connectivity index (χ4v) is 3.76. The van der Waals surface area contributed by atoms with E-state index in [-0.39, 0.29) is 10.6 Å². The van der Waals surface area contributed by atoms with Gasteiger partial charge in [0.25, 0.3) is 0 Å². The van der Waals surface area contributed by atoms with Gasteiger partial charge >= 0.3 is 5.97 Å². The quantitative estimate of drug-likeness (QED) is 0.729. The van der Waals surface area contributed by atoms with Crippen LogP contribution in [0.3, 0.4) is 0 Å². The fourth-order valence-electron chi connectivity index (χ4n) is 1.91. The smallest absolute Gasteiger partial charge is 0.335 e. The molecule has 24 heavy (non-hydrogen) atoms. The predicted molar refractivity (Wildman–Crippen MR) is 101 cm³/mol. The maximum atomic E-state index is 10.9. The molecule has 0 spiro atoms. The number of aromatic nitrogens is 1. The fraction of sp³-hybridized carbons (Fsp3) is 0.444. The second-order valence-corrected chi connectivity index (χ2v) is 13.5. The van der Waals surface area contributed by atoms with Crippen molar-refractivity contribution in [1.82, 2.24) is 4.98 Å². The number of carboxylic acid groups (broad SMARTS) is 1. The standard InChI is InChI=1S/C18H25NO3SSi/c1-12-15(11-22-24(5,6)18(2,3)4)19-16(23-12)13-7-9-14(10-8-13)17(20)21/h7-10H,11H2,1-6H3,(H,20,21). The van der Waals surface area contributed by atoms with Crippen LogP contribution in [0.25, 0.3) is 10.6 Å². The highest BCUT2D eigenvalue weighted by atomic mass is 32.1. The van der Waals surface area contributed by atoms with Gasteiger partial charge in [0.05, 0.1) is 17.9 Å². The molecule has 0 aliphatic carbocycles. The summed E-state index contributed by atoms with van der Waals surface area (Å²) in [7, 11) is -1.80. The van der Waals surface area contributed by atoms with E-state index in [4.69, 9.17) is 14.5 Å². The van der Waals surface area contributed by atoms with E-state index in [1.807, 2.05) is 0 Å². The molecule has 0 bridgehead atoms. The Hall–Kier alpha value is -1.50. The van der Waals surface area contributed by atoms with Crippen LogP contribution in [0.1, 0.15) is 41.7 Å². The summed E-state index contributed by atoms with van der Waals surface area (Å²) in [5, 5.41) is 10.1. The van der Waals surface area contributed by atoms with Crippen LogP contribution in [0.5, 0.6) is 0 Å². The highest BCUT2D eigenvalue weighted by molar-refractivity contribution is 7.15. The van der Waals surface area contributed by atoms with Crippen LogP contribution in [-0.2, 0) is 11.0 Å². The Morgan fingerprint density at radius 2 is 1.83 bits per heavy atom. The Morgan fingerprint density at radius 3 is 2.33 bits per heavy atom. The summed E-state index contributed by atoms with van der Waals surface area (Å²) < 4.78 is 6.27. The summed E-state index contributed by atoms with van der Waals surface area (Å²) in [5.74, 6) is -0.916. The molecule has 2 aromatic rings. The normalized spacial score (nSPS) is 12.4. The number of hydrogen-bond acceptors (Lipinski definition) is 4. The van der Waals surface area contributed by atoms with Crippen LogP contribution in [0.4, 0.5) is 0 Å². The van der Waals surface area contributed by atoms with Crippen LogP contribution in [-0.4, -0.2) is 24.4 Å². The lowest BCUT2D eigenvalue weighted by Crippen LogP contribution is -2.40. The Labute approximate surface area is 148 Å². The van der Waals surface area contributed by atoms with E-state index in [0.717, 1.165) is 21.1 Å². The molecule has 0 unspecified atom stereocenters. The SMILES string of the molecule is Cc1sc(-c2ccc(C(=O)O)cc2)nc1CO[Si](C)(C)C(C)(C)C. The van der Waals surface area contributed by atoms with Crippen LogP contribution in [0.2, 0.25) is 18.1 Å². The van der Waals surface area contributed by atoms with Crippen LogP contribution in [0.15, 0.2) is 24.3 Å². The monoisotopic (exact) mass is 363 g/mol. The van der Waals surface area contributed by atoms with Crippen molar-refractivity contribution in [2.24, 2.45) is 0 Å². The minimum Gasteiger partial charge on any atom is -0.478 e. The molecule has 0 aliphatic rings. The van der Waals surface area contributed by atoms with Gasteiger partial charge in [-0.25, -0.2) is 9.78 Å². The molecule has 0 aliphatic heterocycles. The molecule has 130 valence electrons. The van der Waals surface area contributed by atoms with Gasteiger partial charge in [0.2, 0.25) is 0 Å². The number of hydrogen-bond donors (Lipinski definition) is 1. The number of nitrogens with zero attached hydrogens (tertiary/aromatic N) is 1. The summed E-state index contributed by atoms with van der Waals surface area (Å²) in [6.07, 6.45) is 0. The van der Waals surface area contributed by atoms with Crippen molar-refractivity contribution < 1.29 is 14.3 Å². The van der Waals surface area contributed by atoms with Crippen molar-refractivity contribution in [2.45, 2.75) is 52.4 Å². The second-order valence-electron chi connectivity index (χ2n) is 7.45. The highest BCUT2D eigenvalue weighted by Crippen LogP contribution is 2.37. The average Bonchev–Trinajstić information content (AvgIpc) is 2.85. The molecular weight excluding hydrogens is 338 g/mol. The van der Waals surface area contributed by atoms with E-state index < -0.39 is 14.3 Å². The maximum absolute atomic E-state index is 10.9. The lowest BCUT2D eigenvalue weighted by atomic mass is 10.1. The number of thiazole rings is 1. The zero-order chi connectivity index (χ0) is 18.1. The molecule has 6 heteroatoms. The molecule has 1 N–H and O–H groups in total. The van der Waals surface area contributed by atoms with E-state index >= 15 is 0 Å². The van der Waals surface area contributed by atoms with Gasteiger partial charge in [0, 0.05) is 10.4 Å². The third kappa shape index (κ3) is 4.12. The molecule has 1 aromatic carbocycles. The minimum atomic E-state index is -1.80. The number of carboxylic acids is 1. The summed E-state index contributed by atoms with van der Waals surface area (Å²) in [4.78, 5) is 16.8. The molecule has 0 fully saturated rings. The Bertz CT molecular complexity index is 730. The molecule has 4 nitrogen and oxygen atoms in total. The highest BCUT2D eigenvalue weighted by Gasteiger charge is 2.37. The zero-order valence-electron chi connectivity index (χ0n) is 15.1. The first kappa shape index (κ1) is 18.8. The van der Waals surface area contributed by atoms with Crippen molar-refractivity contribution in [2.75, 3.05) is 0 Å². The van der Waals surface area contributed by atoms with Gasteiger partial charge in [-0.05, 0) is 37.2 Å². The zero-order valence-corrected chi connectivity index (χ0v) is 17.0. The van der Waals surface area contributed by atoms with Gasteiger partial charge in [-0.3, -0.25) is 0 Å². The number of aryl methyl sites for hydroxylation is 1. The van der Waals surface area contributed by atoms with Gasteiger partial charge in [-0.1, -0.05) is 32.9 Å². The first-order chi connectivity index (χ1) is 11.0. The largest absolute Gasteiger partial charge is 0.478 e. The molecule has 2 rings (SSSR count). The van der Waals surface area contributed by atoms with E-state index in [2.05, 4.69) is 40.8 Å². The molecule has 0 saturated heterocycles. The first-order valence-electron chi connectivity index (χ1n) is 7.95. The van der Waals surface area contributed by atoms with Gasteiger partial charge in [0.1, 0.15) is 5.01 Å². The first-order valence-corrected chi connectivity index (χ1v) is 11.7. The number of benzene rings is 1. The molecule has 1 heterocycles. The summed E-state index contributed by atoms with van der Waals surface area (Å²) in [6.45, 7) is 13.7. The van der Waals surface area contributed by atoms with E-state index in [9.17, 15) is 4.79 Å². The van der Waals surface area contributed by atoms with Gasteiger partial charge in [-0.2, -0.15) is 0 Å². The maximum Gasteiger partial charge on any atom is 0.335 e. The lowest BCUT2D eigenvalue weighted by molar-refractivity contribution is 0.0697. The van der Waals surface area contributed by atoms with Crippen molar-refractivity contribution in [1.29, 1.82) is 0 Å². The number of aromatic carboxylic acids is 1. The third-order valence-corrected chi connectivity index (χ3v) is 10.2. The van der Waals surface area contributed by atoms with E-state index in [0.29, 0.717) is 6.61 Å². The predicted octanol–water partition coefficient (Wildman–Crippen LogP) is 5.34. The summed E-state index contributed by atoms with van der Waals surface area (Å²) in [5.41, 5.74) is 2.20. The van der Waals surface area contributed by atoms with Crippen molar-refractivity contribution in [3.8, 4) is 10.6 Å². The van der Waals surface area contributed by atoms with Crippen molar-refractivity contribution >= 4 is 25.6 Å². The Kier molecular flexibility index (Phi) is 5.32. The van der Waals surface area contributed by atoms with E-state index in [1.54, 1.807) is 35.6 Å². The summed E-state index contributed by atoms with van der Waals surface area (Å²) >= 11 is 1.62. The molecule has 0 amide bonds. The molecule has 1 aromatic heterocycles. The average molecular weight is 364 g/mol. The second kappa shape index (κ2) is 6.78. The number of carbonyl (C=O) groups is 1. The van der Waals surface area contributed by atoms with Gasteiger partial charge in [-0.15, -0.1) is 11.3 Å². The topological polar surface area (TPSA) is 59.4 Å². The minimum absolute atomic E-state index is 0.173. The summed E-state index contributed by atoms with van der Waals surface area (Å²) in [6, 6.07) is 6.83. The van der Waals surface area contributed by atoms with Crippen LogP contribution < -0.4 is 0 Å². The van der Waals surface area contributed by atoms with Gasteiger partial charge in [0.15, 0.2) is 8.32 Å². The molecule has 0 saturated carbocycles. The van der Waals surface area contributed by atoms with E-state index in [1.165, 1.54) is 0 Å². The molecule has 0 radical (unpaired) electrons. The van der Waals surface area contributed by atoms with Crippen LogP contribution >= 0.6 is 11.3 Å². The number of rotatable bonds is 5. The Balaban J connectivity index is 2.17. The third-order valence-electron chi connectivity index (χ3n) is 4.65. The van der Waals surface area contributed by atoms with Crippen molar-refractivity contribution in [3.05, 3.63) is 40.4 Å². The molecule has 0 atom stereocenters. The molecular formula is C18H25NO3SSi. The lowest BCUT2D eigenvalue weighted by Gasteiger charge is -2.36.